The Bertz CT molecular complexity index is 419. The molecule has 0 aliphatic rings. The molecule has 0 radical (unpaired) electrons. The van der Waals surface area contributed by atoms with Gasteiger partial charge in [-0.2, -0.15) is 17.9 Å². The molecule has 3 heteroatoms. The number of benzene rings is 1. The lowest BCUT2D eigenvalue weighted by atomic mass is 9.82. The zero-order valence-electron chi connectivity index (χ0n) is 11.9. The van der Waals surface area contributed by atoms with Crippen LogP contribution in [0.3, 0.4) is 0 Å². The lowest BCUT2D eigenvalue weighted by Crippen LogP contribution is -2.30. The summed E-state index contributed by atoms with van der Waals surface area (Å²) in [7, 11) is 0. The molecule has 0 aromatic heterocycles. The number of hydrogen-bond acceptors (Lipinski definition) is 3. The normalized spacial score (nSPS) is 11.1. The van der Waals surface area contributed by atoms with Crippen LogP contribution in [0.5, 0.6) is 5.75 Å². The average molecular weight is 277 g/mol. The van der Waals surface area contributed by atoms with Crippen molar-refractivity contribution in [1.82, 2.24) is 0 Å². The summed E-state index contributed by atoms with van der Waals surface area (Å²) in [5, 5.41) is 9.07. The Morgan fingerprint density at radius 2 is 1.84 bits per heavy atom. The van der Waals surface area contributed by atoms with Crippen LogP contribution in [0.25, 0.3) is 0 Å². The van der Waals surface area contributed by atoms with Gasteiger partial charge in [0.15, 0.2) is 0 Å². The third-order valence-electron chi connectivity index (χ3n) is 3.44. The molecule has 0 aliphatic carbocycles. The van der Waals surface area contributed by atoms with Gasteiger partial charge in [-0.25, -0.2) is 0 Å². The van der Waals surface area contributed by atoms with E-state index in [0.29, 0.717) is 17.9 Å². The first kappa shape index (κ1) is 15.9. The molecule has 19 heavy (non-hydrogen) atoms. The molecule has 0 N–H and O–H groups in total. The molecule has 0 amide bonds. The van der Waals surface area contributed by atoms with Gasteiger partial charge in [-0.1, -0.05) is 38.8 Å². The zero-order valence-corrected chi connectivity index (χ0v) is 12.7. The molecule has 0 bridgehead atoms. The van der Waals surface area contributed by atoms with Crippen LogP contribution in [0.15, 0.2) is 24.3 Å². The summed E-state index contributed by atoms with van der Waals surface area (Å²) >= 11 is 4.52. The van der Waals surface area contributed by atoms with Gasteiger partial charge in [0, 0.05) is 5.41 Å². The Morgan fingerprint density at radius 1 is 1.21 bits per heavy atom. The number of rotatable bonds is 8. The Morgan fingerprint density at radius 3 is 2.37 bits per heavy atom. The smallest absolute Gasteiger partial charge is 0.137 e. The van der Waals surface area contributed by atoms with Gasteiger partial charge in [-0.15, -0.1) is 0 Å². The van der Waals surface area contributed by atoms with E-state index in [9.17, 15) is 0 Å². The number of hydrogen-bond donors (Lipinski definition) is 1. The van der Waals surface area contributed by atoms with Crippen LogP contribution in [0.1, 0.15) is 45.1 Å². The van der Waals surface area contributed by atoms with Crippen molar-refractivity contribution in [1.29, 1.82) is 5.26 Å². The van der Waals surface area contributed by atoms with E-state index < -0.39 is 0 Å². The highest BCUT2D eigenvalue weighted by Gasteiger charge is 2.28. The molecule has 1 aromatic rings. The molecule has 2 nitrogen and oxygen atoms in total. The Labute approximate surface area is 122 Å². The van der Waals surface area contributed by atoms with E-state index in [1.807, 2.05) is 18.2 Å². The minimum absolute atomic E-state index is 0.120. The summed E-state index contributed by atoms with van der Waals surface area (Å²) < 4.78 is 5.92. The third kappa shape index (κ3) is 4.47. The van der Waals surface area contributed by atoms with Gasteiger partial charge >= 0.3 is 0 Å². The van der Waals surface area contributed by atoms with Gasteiger partial charge < -0.3 is 4.74 Å². The summed E-state index contributed by atoms with van der Waals surface area (Å²) in [6, 6.07) is 9.58. The second-order valence-corrected chi connectivity index (χ2v) is 5.37. The maximum Gasteiger partial charge on any atom is 0.137 e. The third-order valence-corrected chi connectivity index (χ3v) is 4.11. The number of ether oxygens (including phenoxy) is 1. The minimum Gasteiger partial charge on any atom is -0.492 e. The summed E-state index contributed by atoms with van der Waals surface area (Å²) in [6.07, 6.45) is 4.48. The topological polar surface area (TPSA) is 33.0 Å². The Hall–Kier alpha value is -1.14. The maximum absolute atomic E-state index is 9.07. The van der Waals surface area contributed by atoms with Crippen LogP contribution in [0, 0.1) is 16.7 Å². The van der Waals surface area contributed by atoms with E-state index >= 15 is 0 Å². The van der Waals surface area contributed by atoms with Crippen molar-refractivity contribution >= 4 is 12.6 Å². The van der Waals surface area contributed by atoms with Crippen molar-refractivity contribution in [2.45, 2.75) is 39.5 Å². The van der Waals surface area contributed by atoms with Crippen LogP contribution in [0.4, 0.5) is 0 Å². The van der Waals surface area contributed by atoms with Crippen LogP contribution >= 0.6 is 12.6 Å². The van der Waals surface area contributed by atoms with Crippen molar-refractivity contribution in [2.24, 2.45) is 5.41 Å². The number of nitrogens with zero attached hydrogens (tertiary/aromatic N) is 1. The first-order valence-electron chi connectivity index (χ1n) is 6.94. The molecule has 0 unspecified atom stereocenters. The van der Waals surface area contributed by atoms with E-state index in [-0.39, 0.29) is 5.41 Å². The second kappa shape index (κ2) is 8.12. The number of nitriles is 1. The fourth-order valence-electron chi connectivity index (χ4n) is 2.45. The van der Waals surface area contributed by atoms with Crippen molar-refractivity contribution in [3.8, 4) is 11.8 Å². The zero-order chi connectivity index (χ0) is 14.1. The fourth-order valence-corrected chi connectivity index (χ4v) is 2.86. The van der Waals surface area contributed by atoms with Gasteiger partial charge in [-0.05, 0) is 30.7 Å². The largest absolute Gasteiger partial charge is 0.492 e. The highest BCUT2D eigenvalue weighted by molar-refractivity contribution is 7.80. The SMILES string of the molecule is CCCC(CS)(CCC)COc1ccccc1C#N. The van der Waals surface area contributed by atoms with Gasteiger partial charge in [0.1, 0.15) is 11.8 Å². The predicted molar refractivity (Wildman–Crippen MR) is 82.8 cm³/mol. The lowest BCUT2D eigenvalue weighted by molar-refractivity contribution is 0.143. The Balaban J connectivity index is 2.78. The van der Waals surface area contributed by atoms with Gasteiger partial charge in [0.2, 0.25) is 0 Å². The van der Waals surface area contributed by atoms with Gasteiger partial charge in [-0.3, -0.25) is 0 Å². The quantitative estimate of drug-likeness (QED) is 0.712. The lowest BCUT2D eigenvalue weighted by Gasteiger charge is -2.31. The Kier molecular flexibility index (Phi) is 6.80. The standard InChI is InChI=1S/C16H23NOS/c1-3-9-16(13-19,10-4-2)12-18-15-8-6-5-7-14(15)11-17/h5-8,19H,3-4,9-10,12-13H2,1-2H3. The monoisotopic (exact) mass is 277 g/mol. The molecule has 104 valence electrons. The maximum atomic E-state index is 9.07. The number of para-hydroxylation sites is 1. The van der Waals surface area contributed by atoms with E-state index in [1.54, 1.807) is 6.07 Å². The average Bonchev–Trinajstić information content (AvgIpc) is 2.45. The van der Waals surface area contributed by atoms with Crippen LogP contribution in [-0.4, -0.2) is 12.4 Å². The van der Waals surface area contributed by atoms with Crippen LogP contribution in [-0.2, 0) is 0 Å². The highest BCUT2D eigenvalue weighted by atomic mass is 32.1. The van der Waals surface area contributed by atoms with Crippen molar-refractivity contribution in [3.05, 3.63) is 29.8 Å². The van der Waals surface area contributed by atoms with E-state index in [2.05, 4.69) is 32.5 Å². The molecule has 0 atom stereocenters. The van der Waals surface area contributed by atoms with Crippen LogP contribution in [0.2, 0.25) is 0 Å². The molecule has 1 aromatic carbocycles. The molecule has 1 rings (SSSR count). The van der Waals surface area contributed by atoms with Crippen LogP contribution < -0.4 is 4.74 Å². The van der Waals surface area contributed by atoms with E-state index in [4.69, 9.17) is 10.00 Å². The van der Waals surface area contributed by atoms with Gasteiger partial charge in [0.05, 0.1) is 12.2 Å². The molecule has 0 saturated heterocycles. The molecule has 0 saturated carbocycles. The summed E-state index contributed by atoms with van der Waals surface area (Å²) in [4.78, 5) is 0. The fraction of sp³-hybridized carbons (Fsp3) is 0.562. The molecular weight excluding hydrogens is 254 g/mol. The summed E-state index contributed by atoms with van der Waals surface area (Å²) in [5.41, 5.74) is 0.721. The molecule has 0 fully saturated rings. The first-order chi connectivity index (χ1) is 9.21. The second-order valence-electron chi connectivity index (χ2n) is 5.05. The van der Waals surface area contributed by atoms with Crippen molar-refractivity contribution < 1.29 is 4.74 Å². The summed E-state index contributed by atoms with van der Waals surface area (Å²) in [5.74, 6) is 1.51. The predicted octanol–water partition coefficient (Wildman–Crippen LogP) is 4.45. The molecule has 0 spiro atoms. The first-order valence-corrected chi connectivity index (χ1v) is 7.57. The summed E-state index contributed by atoms with van der Waals surface area (Å²) in [6.45, 7) is 5.02. The number of thiol groups is 1. The highest BCUT2D eigenvalue weighted by Crippen LogP contribution is 2.32. The van der Waals surface area contributed by atoms with Crippen molar-refractivity contribution in [3.63, 3.8) is 0 Å². The molecule has 0 heterocycles. The van der Waals surface area contributed by atoms with Crippen molar-refractivity contribution in [2.75, 3.05) is 12.4 Å². The minimum atomic E-state index is 0.120. The van der Waals surface area contributed by atoms with Gasteiger partial charge in [0.25, 0.3) is 0 Å². The van der Waals surface area contributed by atoms with E-state index in [0.717, 1.165) is 31.4 Å². The molecular formula is C16H23NOS. The molecule has 0 aliphatic heterocycles. The van der Waals surface area contributed by atoms with E-state index in [1.165, 1.54) is 0 Å².